The molecule has 0 aliphatic heterocycles. The number of aliphatic carboxylic acids is 1. The second-order valence-corrected chi connectivity index (χ2v) is 4.19. The summed E-state index contributed by atoms with van der Waals surface area (Å²) in [6.45, 7) is 4.00. The van der Waals surface area contributed by atoms with E-state index in [4.69, 9.17) is 16.6 Å². The zero-order valence-electron chi connectivity index (χ0n) is 11.6. The van der Waals surface area contributed by atoms with Crippen molar-refractivity contribution in [2.75, 3.05) is 5.73 Å². The summed E-state index contributed by atoms with van der Waals surface area (Å²) in [5.74, 6) is -0.995. The summed E-state index contributed by atoms with van der Waals surface area (Å²) < 4.78 is 1.94. The van der Waals surface area contributed by atoms with Gasteiger partial charge in [0.1, 0.15) is 6.04 Å². The number of carboxylic acid groups (broad SMARTS) is 1. The largest absolute Gasteiger partial charge is 0.480 e. The van der Waals surface area contributed by atoms with E-state index in [9.17, 15) is 4.79 Å². The number of nitrogens with zero attached hydrogens (tertiary/aromatic N) is 1. The first kappa shape index (κ1) is 15.0. The molecule has 5 nitrogen and oxygen atoms in total. The minimum Gasteiger partial charge on any atom is -0.480 e. The van der Waals surface area contributed by atoms with Gasteiger partial charge in [0.15, 0.2) is 0 Å². The van der Waals surface area contributed by atoms with Crippen LogP contribution in [0.15, 0.2) is 24.4 Å². The van der Waals surface area contributed by atoms with Crippen LogP contribution in [0, 0.1) is 0 Å². The fraction of sp³-hybridized carbons (Fsp3) is 0.357. The number of nitrogens with two attached hydrogens (primary N) is 2. The Hall–Kier alpha value is -2.01. The van der Waals surface area contributed by atoms with Crippen LogP contribution < -0.4 is 11.5 Å². The molecule has 104 valence electrons. The van der Waals surface area contributed by atoms with E-state index >= 15 is 0 Å². The van der Waals surface area contributed by atoms with Crippen molar-refractivity contribution in [1.82, 2.24) is 4.57 Å². The number of carbonyl (C=O) groups is 1. The Morgan fingerprint density at radius 1 is 1.42 bits per heavy atom. The molecule has 1 aromatic carbocycles. The Balaban J connectivity index is 0.000000861. The van der Waals surface area contributed by atoms with E-state index in [0.717, 1.165) is 16.5 Å². The van der Waals surface area contributed by atoms with Crippen LogP contribution in [0.2, 0.25) is 0 Å². The maximum Gasteiger partial charge on any atom is 0.320 e. The number of nitrogen functional groups attached to an aromatic ring is 1. The standard InChI is InChI=1S/C12H15N3O2.C2H6/c1-15-6-7(4-10(14)12(16)17)9-5-8(13)2-3-11(9)15;1-2/h2-3,5-6,10H,4,13-14H2,1H3,(H,16,17);1-2H3. The molecular weight excluding hydrogens is 242 g/mol. The average molecular weight is 263 g/mol. The Labute approximate surface area is 112 Å². The van der Waals surface area contributed by atoms with Crippen LogP contribution in [-0.4, -0.2) is 21.7 Å². The van der Waals surface area contributed by atoms with Crippen LogP contribution in [0.1, 0.15) is 19.4 Å². The number of fused-ring (bicyclic) bond motifs is 1. The number of hydrogen-bond acceptors (Lipinski definition) is 3. The molecule has 1 heterocycles. The molecule has 2 rings (SSSR count). The van der Waals surface area contributed by atoms with Crippen molar-refractivity contribution in [1.29, 1.82) is 0 Å². The normalized spacial score (nSPS) is 11.8. The van der Waals surface area contributed by atoms with E-state index in [0.29, 0.717) is 12.1 Å². The van der Waals surface area contributed by atoms with E-state index in [1.165, 1.54) is 0 Å². The molecular formula is C14H21N3O2. The van der Waals surface area contributed by atoms with Gasteiger partial charge in [0, 0.05) is 36.3 Å². The molecule has 1 aromatic heterocycles. The van der Waals surface area contributed by atoms with Crippen molar-refractivity contribution in [3.05, 3.63) is 30.0 Å². The molecule has 0 bridgehead atoms. The van der Waals surface area contributed by atoms with Crippen molar-refractivity contribution < 1.29 is 9.90 Å². The van der Waals surface area contributed by atoms with Gasteiger partial charge in [-0.15, -0.1) is 0 Å². The molecule has 5 heteroatoms. The summed E-state index contributed by atoms with van der Waals surface area (Å²) in [6, 6.07) is 4.70. The lowest BCUT2D eigenvalue weighted by Crippen LogP contribution is -2.32. The van der Waals surface area contributed by atoms with Gasteiger partial charge < -0.3 is 21.1 Å². The monoisotopic (exact) mass is 263 g/mol. The van der Waals surface area contributed by atoms with Crippen LogP contribution >= 0.6 is 0 Å². The molecule has 2 aromatic rings. The summed E-state index contributed by atoms with van der Waals surface area (Å²) in [6.07, 6.45) is 2.20. The van der Waals surface area contributed by atoms with Gasteiger partial charge in [-0.1, -0.05) is 13.8 Å². The topological polar surface area (TPSA) is 94.3 Å². The number of rotatable bonds is 3. The number of benzene rings is 1. The highest BCUT2D eigenvalue weighted by Gasteiger charge is 2.15. The number of carboxylic acids is 1. The maximum absolute atomic E-state index is 10.8. The first-order valence-corrected chi connectivity index (χ1v) is 6.31. The summed E-state index contributed by atoms with van der Waals surface area (Å²) in [4.78, 5) is 10.8. The van der Waals surface area contributed by atoms with Gasteiger partial charge in [-0.2, -0.15) is 0 Å². The number of anilines is 1. The summed E-state index contributed by atoms with van der Waals surface area (Å²) in [7, 11) is 1.91. The average Bonchev–Trinajstić information content (AvgIpc) is 2.68. The molecule has 0 amide bonds. The van der Waals surface area contributed by atoms with Crippen LogP contribution in [0.4, 0.5) is 5.69 Å². The third kappa shape index (κ3) is 3.26. The van der Waals surface area contributed by atoms with E-state index < -0.39 is 12.0 Å². The van der Waals surface area contributed by atoms with Crippen molar-refractivity contribution in [3.63, 3.8) is 0 Å². The molecule has 0 radical (unpaired) electrons. The zero-order chi connectivity index (χ0) is 14.6. The van der Waals surface area contributed by atoms with Crippen LogP contribution in [0.5, 0.6) is 0 Å². The van der Waals surface area contributed by atoms with Gasteiger partial charge in [-0.3, -0.25) is 4.79 Å². The molecule has 0 saturated heterocycles. The molecule has 1 unspecified atom stereocenters. The minimum atomic E-state index is -0.995. The van der Waals surface area contributed by atoms with Gasteiger partial charge in [0.25, 0.3) is 0 Å². The number of aromatic nitrogens is 1. The molecule has 0 aliphatic rings. The lowest BCUT2D eigenvalue weighted by atomic mass is 10.1. The van der Waals surface area contributed by atoms with Gasteiger partial charge >= 0.3 is 5.97 Å². The van der Waals surface area contributed by atoms with Crippen LogP contribution in [-0.2, 0) is 18.3 Å². The smallest absolute Gasteiger partial charge is 0.320 e. The third-order valence-electron chi connectivity index (χ3n) is 2.85. The summed E-state index contributed by atoms with van der Waals surface area (Å²) in [5.41, 5.74) is 13.9. The Kier molecular flexibility index (Phi) is 4.94. The molecule has 0 fully saturated rings. The number of aryl methyl sites for hydroxylation is 1. The highest BCUT2D eigenvalue weighted by molar-refractivity contribution is 5.87. The second-order valence-electron chi connectivity index (χ2n) is 4.19. The zero-order valence-corrected chi connectivity index (χ0v) is 11.6. The fourth-order valence-electron chi connectivity index (χ4n) is 1.98. The Morgan fingerprint density at radius 2 is 2.05 bits per heavy atom. The molecule has 0 aliphatic carbocycles. The molecule has 0 saturated carbocycles. The molecule has 5 N–H and O–H groups in total. The van der Waals surface area contributed by atoms with Crippen molar-refractivity contribution in [2.45, 2.75) is 26.3 Å². The fourth-order valence-corrected chi connectivity index (χ4v) is 1.98. The highest BCUT2D eigenvalue weighted by atomic mass is 16.4. The predicted molar refractivity (Wildman–Crippen MR) is 78.0 cm³/mol. The van der Waals surface area contributed by atoms with E-state index in [1.807, 2.05) is 49.9 Å². The highest BCUT2D eigenvalue weighted by Crippen LogP contribution is 2.23. The van der Waals surface area contributed by atoms with E-state index in [2.05, 4.69) is 0 Å². The van der Waals surface area contributed by atoms with Crippen molar-refractivity contribution in [2.24, 2.45) is 12.8 Å². The molecule has 1 atom stereocenters. The van der Waals surface area contributed by atoms with E-state index in [-0.39, 0.29) is 0 Å². The molecule has 19 heavy (non-hydrogen) atoms. The van der Waals surface area contributed by atoms with Gasteiger partial charge in [0.2, 0.25) is 0 Å². The Bertz CT molecular complexity index is 575. The quantitative estimate of drug-likeness (QED) is 0.735. The SMILES string of the molecule is CC.Cn1cc(CC(N)C(=O)O)c2cc(N)ccc21. The first-order valence-electron chi connectivity index (χ1n) is 6.31. The Morgan fingerprint density at radius 3 is 2.63 bits per heavy atom. The van der Waals surface area contributed by atoms with Gasteiger partial charge in [-0.05, 0) is 23.8 Å². The second kappa shape index (κ2) is 6.24. The summed E-state index contributed by atoms with van der Waals surface area (Å²) >= 11 is 0. The lowest BCUT2D eigenvalue weighted by molar-refractivity contribution is -0.138. The summed E-state index contributed by atoms with van der Waals surface area (Å²) in [5, 5.41) is 9.78. The predicted octanol–water partition coefficient (Wildman–Crippen LogP) is 1.74. The van der Waals surface area contributed by atoms with Crippen molar-refractivity contribution >= 4 is 22.6 Å². The third-order valence-corrected chi connectivity index (χ3v) is 2.85. The van der Waals surface area contributed by atoms with Gasteiger partial charge in [-0.25, -0.2) is 0 Å². The van der Waals surface area contributed by atoms with Crippen molar-refractivity contribution in [3.8, 4) is 0 Å². The number of hydrogen-bond donors (Lipinski definition) is 3. The lowest BCUT2D eigenvalue weighted by Gasteiger charge is -2.04. The van der Waals surface area contributed by atoms with E-state index in [1.54, 1.807) is 0 Å². The first-order chi connectivity index (χ1) is 8.99. The molecule has 0 spiro atoms. The maximum atomic E-state index is 10.8. The van der Waals surface area contributed by atoms with Crippen LogP contribution in [0.3, 0.4) is 0 Å². The van der Waals surface area contributed by atoms with Gasteiger partial charge in [0.05, 0.1) is 0 Å². The minimum absolute atomic E-state index is 0.302. The van der Waals surface area contributed by atoms with Crippen LogP contribution in [0.25, 0.3) is 10.9 Å².